The second kappa shape index (κ2) is 15.0. The maximum atomic E-state index is 6.40. The number of aryl methyl sites for hydroxylation is 2. The molecule has 0 amide bonds. The number of hydrogen-bond acceptors (Lipinski definition) is 3. The molecule has 0 spiro atoms. The highest BCUT2D eigenvalue weighted by Gasteiger charge is 2.36. The monoisotopic (exact) mass is 555 g/mol. The van der Waals surface area contributed by atoms with Gasteiger partial charge in [0.25, 0.3) is 0 Å². The van der Waals surface area contributed by atoms with E-state index in [2.05, 4.69) is 111 Å². The van der Waals surface area contributed by atoms with Crippen LogP contribution in [0.25, 0.3) is 0 Å². The Balaban J connectivity index is 2.80. The lowest BCUT2D eigenvalue weighted by molar-refractivity contribution is 0.0493. The number of ether oxygens (including phenoxy) is 2. The van der Waals surface area contributed by atoms with Crippen molar-refractivity contribution in [1.29, 1.82) is 0 Å². The van der Waals surface area contributed by atoms with Gasteiger partial charge >= 0.3 is 0 Å². The zero-order valence-corrected chi connectivity index (χ0v) is 28.3. The van der Waals surface area contributed by atoms with Crippen molar-refractivity contribution in [3.8, 4) is 5.75 Å². The van der Waals surface area contributed by atoms with E-state index in [9.17, 15) is 0 Å². The van der Waals surface area contributed by atoms with E-state index in [1.807, 2.05) is 0 Å². The van der Waals surface area contributed by atoms with Gasteiger partial charge in [-0.25, -0.2) is 0 Å². The highest BCUT2D eigenvalue weighted by Crippen LogP contribution is 2.53. The first kappa shape index (κ1) is 33.8. The van der Waals surface area contributed by atoms with Crippen molar-refractivity contribution < 1.29 is 9.47 Å². The molecular weight excluding hydrogens is 497 g/mol. The quantitative estimate of drug-likeness (QED) is 0.124. The average molecular weight is 556 g/mol. The minimum absolute atomic E-state index is 0.00557. The molecule has 39 heavy (non-hydrogen) atoms. The summed E-state index contributed by atoms with van der Waals surface area (Å²) in [7, 11) is 2.38. The first-order valence-electron chi connectivity index (χ1n) is 15.2. The first-order chi connectivity index (χ1) is 18.3. The third-order valence-electron chi connectivity index (χ3n) is 8.19. The van der Waals surface area contributed by atoms with Gasteiger partial charge in [-0.05, 0) is 87.4 Å². The van der Waals surface area contributed by atoms with E-state index in [-0.39, 0.29) is 17.4 Å². The van der Waals surface area contributed by atoms with Crippen LogP contribution >= 0.6 is 8.58 Å². The van der Waals surface area contributed by atoms with Crippen LogP contribution in [-0.4, -0.2) is 30.9 Å². The summed E-state index contributed by atoms with van der Waals surface area (Å²) >= 11 is 0. The van der Waals surface area contributed by atoms with Crippen LogP contribution in [0.15, 0.2) is 30.3 Å². The van der Waals surface area contributed by atoms with Crippen molar-refractivity contribution >= 4 is 13.9 Å². The van der Waals surface area contributed by atoms with Crippen molar-refractivity contribution in [3.05, 3.63) is 58.1 Å². The highest BCUT2D eigenvalue weighted by atomic mass is 31.1. The molecule has 0 bridgehead atoms. The lowest BCUT2D eigenvalue weighted by Gasteiger charge is -2.39. The summed E-state index contributed by atoms with van der Waals surface area (Å²) in [6.07, 6.45) is 5.96. The maximum absolute atomic E-state index is 6.40. The Bertz CT molecular complexity index is 1030. The Kier molecular flexibility index (Phi) is 13.0. The topological polar surface area (TPSA) is 21.7 Å². The van der Waals surface area contributed by atoms with Crippen LogP contribution in [0.5, 0.6) is 5.75 Å². The smallest absolute Gasteiger partial charge is 0.188 e. The average Bonchev–Trinajstić information content (AvgIpc) is 2.86. The molecule has 0 N–H and O–H groups in total. The van der Waals surface area contributed by atoms with Crippen LogP contribution < -0.4 is 10.0 Å². The Hall–Kier alpha value is -1.41. The largest absolute Gasteiger partial charge is 0.467 e. The van der Waals surface area contributed by atoms with Crippen LogP contribution in [0.4, 0.5) is 0 Å². The lowest BCUT2D eigenvalue weighted by Crippen LogP contribution is -2.38. The molecule has 4 heteroatoms. The van der Waals surface area contributed by atoms with Gasteiger partial charge in [0, 0.05) is 36.5 Å². The summed E-state index contributed by atoms with van der Waals surface area (Å²) in [6, 6.07) is 12.7. The summed E-state index contributed by atoms with van der Waals surface area (Å²) in [5.41, 5.74) is 6.92. The molecule has 3 nitrogen and oxygen atoms in total. The number of rotatable bonds is 15. The number of hydrogen-bond donors (Lipinski definition) is 0. The fraction of sp³-hybridized carbons (Fsp3) is 0.657. The minimum atomic E-state index is 0.00557. The Labute approximate surface area is 243 Å². The molecular formula is C35H58NO2P. The second-order valence-electron chi connectivity index (χ2n) is 13.0. The molecule has 0 aliphatic rings. The van der Waals surface area contributed by atoms with E-state index in [1.165, 1.54) is 47.1 Å². The number of nitrogens with zero attached hydrogens (tertiary/aromatic N) is 1. The summed E-state index contributed by atoms with van der Waals surface area (Å²) in [4.78, 5) is 2.62. The molecule has 0 radical (unpaired) electrons. The molecule has 0 aromatic heterocycles. The van der Waals surface area contributed by atoms with Crippen molar-refractivity contribution in [3.63, 3.8) is 0 Å². The number of unbranched alkanes of at least 4 members (excludes halogenated alkanes) is 2. The molecule has 2 unspecified atom stereocenters. The first-order valence-corrected chi connectivity index (χ1v) is 16.2. The van der Waals surface area contributed by atoms with Gasteiger partial charge in [0.2, 0.25) is 0 Å². The van der Waals surface area contributed by atoms with E-state index in [0.29, 0.717) is 20.7 Å². The standard InChI is InChI=1S/C35H58NO2P/c1-13-15-16-20-35(14-2,31-22-30(34(9,10)11)21-28(8)32(31)38-24-37-12)39-33-27(7)18-17-19-29(33)23-36(25(3)4)26(5)6/h17-19,21-22,25-26,39H,13-16,20,23-24H2,1-12H3. The Morgan fingerprint density at radius 3 is 2.13 bits per heavy atom. The summed E-state index contributed by atoms with van der Waals surface area (Å²) in [6.45, 7) is 26.7. The third kappa shape index (κ3) is 8.79. The van der Waals surface area contributed by atoms with Crippen molar-refractivity contribution in [1.82, 2.24) is 4.90 Å². The van der Waals surface area contributed by atoms with E-state index in [4.69, 9.17) is 9.47 Å². The second-order valence-corrected chi connectivity index (χ2v) is 14.7. The summed E-state index contributed by atoms with van der Waals surface area (Å²) in [5, 5.41) is 1.55. The predicted octanol–water partition coefficient (Wildman–Crippen LogP) is 9.39. The van der Waals surface area contributed by atoms with E-state index in [1.54, 1.807) is 12.4 Å². The van der Waals surface area contributed by atoms with E-state index >= 15 is 0 Å². The van der Waals surface area contributed by atoms with Gasteiger partial charge in [-0.3, -0.25) is 4.90 Å². The van der Waals surface area contributed by atoms with Gasteiger partial charge in [0.15, 0.2) is 6.79 Å². The van der Waals surface area contributed by atoms with Crippen molar-refractivity contribution in [2.45, 2.75) is 137 Å². The number of benzene rings is 2. The van der Waals surface area contributed by atoms with Crippen LogP contribution in [0.3, 0.4) is 0 Å². The zero-order valence-electron chi connectivity index (χ0n) is 27.3. The molecule has 2 aromatic rings. The van der Waals surface area contributed by atoms with Gasteiger partial charge in [0.05, 0.1) is 0 Å². The van der Waals surface area contributed by atoms with E-state index in [0.717, 1.165) is 25.1 Å². The van der Waals surface area contributed by atoms with Gasteiger partial charge < -0.3 is 9.47 Å². The van der Waals surface area contributed by atoms with Crippen LogP contribution in [0.2, 0.25) is 0 Å². The molecule has 2 rings (SSSR count). The molecule has 0 fully saturated rings. The molecule has 0 saturated heterocycles. The fourth-order valence-electron chi connectivity index (χ4n) is 5.71. The van der Waals surface area contributed by atoms with Gasteiger partial charge in [-0.15, -0.1) is 0 Å². The maximum Gasteiger partial charge on any atom is 0.188 e. The molecule has 2 atom stereocenters. The van der Waals surface area contributed by atoms with Crippen molar-refractivity contribution in [2.24, 2.45) is 0 Å². The zero-order chi connectivity index (χ0) is 29.4. The van der Waals surface area contributed by atoms with Gasteiger partial charge in [-0.1, -0.05) is 92.8 Å². The summed E-state index contributed by atoms with van der Waals surface area (Å²) in [5.74, 6) is 1.02. The summed E-state index contributed by atoms with van der Waals surface area (Å²) < 4.78 is 11.8. The highest BCUT2D eigenvalue weighted by molar-refractivity contribution is 7.48. The van der Waals surface area contributed by atoms with E-state index < -0.39 is 0 Å². The predicted molar refractivity (Wildman–Crippen MR) is 173 cm³/mol. The normalized spacial score (nSPS) is 14.2. The van der Waals surface area contributed by atoms with Crippen LogP contribution in [0, 0.1) is 13.8 Å². The molecule has 2 aromatic carbocycles. The van der Waals surface area contributed by atoms with Gasteiger partial charge in [0.1, 0.15) is 5.75 Å². The van der Waals surface area contributed by atoms with Gasteiger partial charge in [-0.2, -0.15) is 0 Å². The minimum Gasteiger partial charge on any atom is -0.467 e. The lowest BCUT2D eigenvalue weighted by atomic mass is 9.80. The SMILES string of the molecule is CCCCCC(CC)(Pc1c(C)cccc1CN(C(C)C)C(C)C)c1cc(C(C)(C)C)cc(C)c1OCOC. The van der Waals surface area contributed by atoms with Crippen LogP contribution in [0.1, 0.15) is 122 Å². The van der Waals surface area contributed by atoms with Crippen LogP contribution in [-0.2, 0) is 21.9 Å². The Morgan fingerprint density at radius 1 is 0.923 bits per heavy atom. The molecule has 0 heterocycles. The Morgan fingerprint density at radius 2 is 1.59 bits per heavy atom. The molecule has 0 aliphatic heterocycles. The van der Waals surface area contributed by atoms with Crippen molar-refractivity contribution in [2.75, 3.05) is 13.9 Å². The molecule has 0 saturated carbocycles. The number of methoxy groups -OCH3 is 1. The fourth-order valence-corrected chi connectivity index (χ4v) is 7.59. The third-order valence-corrected chi connectivity index (χ3v) is 10.5. The molecule has 220 valence electrons. The molecule has 0 aliphatic carbocycles.